The zero-order valence-electron chi connectivity index (χ0n) is 9.23. The smallest absolute Gasteiger partial charge is 0.129 e. The van der Waals surface area contributed by atoms with Crippen molar-refractivity contribution in [2.75, 3.05) is 0 Å². The van der Waals surface area contributed by atoms with Gasteiger partial charge in [-0.1, -0.05) is 35.3 Å². The van der Waals surface area contributed by atoms with Gasteiger partial charge in [-0.2, -0.15) is 0 Å². The molecule has 19 heavy (non-hydrogen) atoms. The highest BCUT2D eigenvalue weighted by atomic mass is 79.9. The molecular weight excluding hydrogens is 441 g/mol. The van der Waals surface area contributed by atoms with Crippen molar-refractivity contribution in [1.29, 1.82) is 0 Å². The van der Waals surface area contributed by atoms with Gasteiger partial charge in [0, 0.05) is 14.5 Å². The predicted molar refractivity (Wildman–Crippen MR) is 86.0 cm³/mol. The molecule has 0 radical (unpaired) electrons. The summed E-state index contributed by atoms with van der Waals surface area (Å²) in [7, 11) is 0. The molecule has 0 aromatic heterocycles. The van der Waals surface area contributed by atoms with Crippen molar-refractivity contribution in [2.24, 2.45) is 0 Å². The van der Waals surface area contributed by atoms with Crippen LogP contribution in [0.25, 0.3) is 0 Å². The SMILES string of the molecule is Fc1cc(Br)c(Cl)cc1C(Cl)c1cccc(Br)c1Cl. The van der Waals surface area contributed by atoms with Gasteiger partial charge in [-0.25, -0.2) is 4.39 Å². The summed E-state index contributed by atoms with van der Waals surface area (Å²) in [5.41, 5.74) is 0.907. The third-order valence-corrected chi connectivity index (χ3v) is 5.55. The second-order valence-corrected chi connectivity index (χ2v) is 6.72. The molecule has 100 valence electrons. The summed E-state index contributed by atoms with van der Waals surface area (Å²) in [6.07, 6.45) is 0. The molecule has 0 saturated heterocycles. The highest BCUT2D eigenvalue weighted by Gasteiger charge is 2.20. The molecule has 1 unspecified atom stereocenters. The average Bonchev–Trinajstić information content (AvgIpc) is 2.36. The van der Waals surface area contributed by atoms with E-state index in [9.17, 15) is 4.39 Å². The van der Waals surface area contributed by atoms with E-state index >= 15 is 0 Å². The van der Waals surface area contributed by atoms with E-state index < -0.39 is 11.2 Å². The van der Waals surface area contributed by atoms with Gasteiger partial charge in [0.25, 0.3) is 0 Å². The summed E-state index contributed by atoms with van der Waals surface area (Å²) >= 11 is 24.9. The highest BCUT2D eigenvalue weighted by molar-refractivity contribution is 9.10. The van der Waals surface area contributed by atoms with E-state index in [1.807, 2.05) is 0 Å². The molecule has 0 bridgehead atoms. The summed E-state index contributed by atoms with van der Waals surface area (Å²) in [5, 5.41) is 0.143. The molecule has 0 aliphatic heterocycles. The molecule has 2 aromatic carbocycles. The number of benzene rings is 2. The summed E-state index contributed by atoms with van der Waals surface area (Å²) in [5.74, 6) is -0.438. The summed E-state index contributed by atoms with van der Waals surface area (Å²) in [6, 6.07) is 8.12. The Morgan fingerprint density at radius 3 is 2.37 bits per heavy atom. The molecule has 0 N–H and O–H groups in total. The van der Waals surface area contributed by atoms with E-state index in [4.69, 9.17) is 34.8 Å². The van der Waals surface area contributed by atoms with Gasteiger partial charge in [0.2, 0.25) is 0 Å². The van der Waals surface area contributed by atoms with Crippen LogP contribution in [0.5, 0.6) is 0 Å². The monoisotopic (exact) mass is 444 g/mol. The van der Waals surface area contributed by atoms with Gasteiger partial charge < -0.3 is 0 Å². The maximum absolute atomic E-state index is 14.0. The Kier molecular flexibility index (Phi) is 5.18. The quantitative estimate of drug-likeness (QED) is 0.344. The molecule has 0 amide bonds. The van der Waals surface area contributed by atoms with E-state index in [1.165, 1.54) is 12.1 Å². The van der Waals surface area contributed by atoms with Crippen LogP contribution in [0.15, 0.2) is 39.3 Å². The van der Waals surface area contributed by atoms with Gasteiger partial charge in [0.15, 0.2) is 0 Å². The lowest BCUT2D eigenvalue weighted by atomic mass is 10.0. The topological polar surface area (TPSA) is 0 Å². The lowest BCUT2D eigenvalue weighted by Gasteiger charge is -2.14. The molecule has 0 fully saturated rings. The Balaban J connectivity index is 2.53. The minimum Gasteiger partial charge on any atom is -0.207 e. The summed E-state index contributed by atoms with van der Waals surface area (Å²) < 4.78 is 15.2. The lowest BCUT2D eigenvalue weighted by molar-refractivity contribution is 0.611. The Hall–Kier alpha value is 0.200. The molecule has 1 atom stereocenters. The van der Waals surface area contributed by atoms with E-state index in [0.29, 0.717) is 24.6 Å². The van der Waals surface area contributed by atoms with Crippen LogP contribution >= 0.6 is 66.7 Å². The molecule has 0 aliphatic carbocycles. The third-order valence-electron chi connectivity index (χ3n) is 2.57. The number of hydrogen-bond donors (Lipinski definition) is 0. The van der Waals surface area contributed by atoms with Crippen molar-refractivity contribution in [3.8, 4) is 0 Å². The zero-order chi connectivity index (χ0) is 14.2. The standard InChI is InChI=1S/C13H6Br2Cl3F/c14-8-3-1-2-6(13(8)18)12(17)7-4-10(16)9(15)5-11(7)19/h1-5,12H. The van der Waals surface area contributed by atoms with Gasteiger partial charge in [0.05, 0.1) is 15.4 Å². The normalized spacial score (nSPS) is 12.5. The van der Waals surface area contributed by atoms with Crippen LogP contribution in [0, 0.1) is 5.82 Å². The maximum atomic E-state index is 14.0. The molecule has 0 nitrogen and oxygen atoms in total. The van der Waals surface area contributed by atoms with Gasteiger partial charge >= 0.3 is 0 Å². The van der Waals surface area contributed by atoms with Crippen molar-refractivity contribution in [1.82, 2.24) is 0 Å². The highest BCUT2D eigenvalue weighted by Crippen LogP contribution is 2.39. The fraction of sp³-hybridized carbons (Fsp3) is 0.0769. The van der Waals surface area contributed by atoms with Crippen molar-refractivity contribution >= 4 is 66.7 Å². The van der Waals surface area contributed by atoms with E-state index in [0.717, 1.165) is 0 Å². The van der Waals surface area contributed by atoms with E-state index in [1.54, 1.807) is 18.2 Å². The van der Waals surface area contributed by atoms with Crippen LogP contribution in [0.2, 0.25) is 10.0 Å². The van der Waals surface area contributed by atoms with Crippen LogP contribution in [-0.4, -0.2) is 0 Å². The largest absolute Gasteiger partial charge is 0.207 e. The Morgan fingerprint density at radius 2 is 1.68 bits per heavy atom. The van der Waals surface area contributed by atoms with E-state index in [-0.39, 0.29) is 5.56 Å². The van der Waals surface area contributed by atoms with Crippen molar-refractivity contribution in [3.63, 3.8) is 0 Å². The number of alkyl halides is 1. The van der Waals surface area contributed by atoms with Crippen LogP contribution in [0.4, 0.5) is 4.39 Å². The fourth-order valence-electron chi connectivity index (χ4n) is 1.62. The van der Waals surface area contributed by atoms with Crippen molar-refractivity contribution in [2.45, 2.75) is 5.38 Å². The van der Waals surface area contributed by atoms with Gasteiger partial charge in [-0.15, -0.1) is 11.6 Å². The molecule has 0 heterocycles. The molecule has 2 rings (SSSR count). The van der Waals surface area contributed by atoms with E-state index in [2.05, 4.69) is 31.9 Å². The Labute approximate surface area is 142 Å². The fourth-order valence-corrected chi connectivity index (χ4v) is 3.13. The van der Waals surface area contributed by atoms with Gasteiger partial charge in [0.1, 0.15) is 5.82 Å². The van der Waals surface area contributed by atoms with Crippen LogP contribution < -0.4 is 0 Å². The molecule has 0 spiro atoms. The first-order valence-corrected chi connectivity index (χ1v) is 7.92. The summed E-state index contributed by atoms with van der Waals surface area (Å²) in [4.78, 5) is 0. The van der Waals surface area contributed by atoms with Crippen LogP contribution in [-0.2, 0) is 0 Å². The maximum Gasteiger partial charge on any atom is 0.129 e. The second kappa shape index (κ2) is 6.31. The minimum atomic E-state index is -0.712. The first kappa shape index (κ1) is 15.6. The molecular formula is C13H6Br2Cl3F. The molecule has 2 aromatic rings. The summed E-state index contributed by atoms with van der Waals surface area (Å²) in [6.45, 7) is 0. The average molecular weight is 447 g/mol. The third kappa shape index (κ3) is 3.27. The first-order chi connectivity index (χ1) is 8.91. The van der Waals surface area contributed by atoms with Gasteiger partial charge in [-0.05, 0) is 55.6 Å². The lowest BCUT2D eigenvalue weighted by Crippen LogP contribution is -1.99. The number of hydrogen-bond acceptors (Lipinski definition) is 0. The molecule has 6 heteroatoms. The van der Waals surface area contributed by atoms with Crippen LogP contribution in [0.3, 0.4) is 0 Å². The van der Waals surface area contributed by atoms with Crippen LogP contribution in [0.1, 0.15) is 16.5 Å². The predicted octanol–water partition coefficient (Wildman–Crippen LogP) is 6.99. The molecule has 0 aliphatic rings. The Morgan fingerprint density at radius 1 is 1.00 bits per heavy atom. The minimum absolute atomic E-state index is 0.287. The second-order valence-electron chi connectivity index (χ2n) is 3.79. The van der Waals surface area contributed by atoms with Crippen molar-refractivity contribution in [3.05, 3.63) is 66.3 Å². The van der Waals surface area contributed by atoms with Gasteiger partial charge in [-0.3, -0.25) is 0 Å². The number of rotatable bonds is 2. The van der Waals surface area contributed by atoms with Crippen molar-refractivity contribution < 1.29 is 4.39 Å². The Bertz CT molecular complexity index is 632. The zero-order valence-corrected chi connectivity index (χ0v) is 14.7. The number of halogens is 6. The first-order valence-electron chi connectivity index (χ1n) is 5.14. The molecule has 0 saturated carbocycles.